The van der Waals surface area contributed by atoms with Crippen LogP contribution in [0.5, 0.6) is 0 Å². The summed E-state index contributed by atoms with van der Waals surface area (Å²) in [5.41, 5.74) is 0. The highest BCUT2D eigenvalue weighted by Crippen LogP contribution is 2.35. The van der Waals surface area contributed by atoms with E-state index in [1.165, 1.54) is 41.5 Å². The standard InChI is InChI=1S/C12H16Br2S/c13-7-10(9-3-1-2-4-9)5-12-6-11(14)8-15-12/h6,8-10H,1-5,7H2. The van der Waals surface area contributed by atoms with E-state index in [9.17, 15) is 0 Å². The van der Waals surface area contributed by atoms with E-state index in [4.69, 9.17) is 0 Å². The van der Waals surface area contributed by atoms with Crippen LogP contribution in [0, 0.1) is 11.8 Å². The molecular weight excluding hydrogens is 336 g/mol. The van der Waals surface area contributed by atoms with E-state index >= 15 is 0 Å². The zero-order valence-electron chi connectivity index (χ0n) is 8.72. The summed E-state index contributed by atoms with van der Waals surface area (Å²) in [5, 5.41) is 3.35. The van der Waals surface area contributed by atoms with Gasteiger partial charge in [0.2, 0.25) is 0 Å². The van der Waals surface area contributed by atoms with Gasteiger partial charge in [-0.3, -0.25) is 0 Å². The molecule has 0 nitrogen and oxygen atoms in total. The van der Waals surface area contributed by atoms with Crippen LogP contribution in [-0.4, -0.2) is 5.33 Å². The molecule has 84 valence electrons. The van der Waals surface area contributed by atoms with Gasteiger partial charge in [-0.15, -0.1) is 11.3 Å². The largest absolute Gasteiger partial charge is 0.148 e. The molecule has 0 spiro atoms. The van der Waals surface area contributed by atoms with Crippen molar-refractivity contribution in [2.24, 2.45) is 11.8 Å². The van der Waals surface area contributed by atoms with Gasteiger partial charge in [0.1, 0.15) is 0 Å². The first-order valence-corrected chi connectivity index (χ1v) is 8.38. The quantitative estimate of drug-likeness (QED) is 0.649. The fourth-order valence-corrected chi connectivity index (χ4v) is 4.80. The summed E-state index contributed by atoms with van der Waals surface area (Å²) in [6, 6.07) is 2.27. The highest BCUT2D eigenvalue weighted by molar-refractivity contribution is 9.10. The van der Waals surface area contributed by atoms with Gasteiger partial charge in [-0.2, -0.15) is 0 Å². The second kappa shape index (κ2) is 5.83. The second-order valence-corrected chi connectivity index (χ2v) is 6.95. The molecule has 1 aliphatic carbocycles. The normalized spacial score (nSPS) is 19.6. The van der Waals surface area contributed by atoms with Gasteiger partial charge < -0.3 is 0 Å². The van der Waals surface area contributed by atoms with Crippen LogP contribution in [0.3, 0.4) is 0 Å². The molecule has 1 saturated carbocycles. The van der Waals surface area contributed by atoms with Crippen LogP contribution in [0.2, 0.25) is 0 Å². The van der Waals surface area contributed by atoms with Crippen LogP contribution in [0.4, 0.5) is 0 Å². The van der Waals surface area contributed by atoms with Crippen LogP contribution in [0.1, 0.15) is 30.6 Å². The lowest BCUT2D eigenvalue weighted by Crippen LogP contribution is -2.15. The average Bonchev–Trinajstić information content (AvgIpc) is 2.85. The molecular formula is C12H16Br2S. The van der Waals surface area contributed by atoms with Crippen molar-refractivity contribution in [1.29, 1.82) is 0 Å². The molecule has 3 heteroatoms. The zero-order chi connectivity index (χ0) is 10.7. The highest BCUT2D eigenvalue weighted by atomic mass is 79.9. The van der Waals surface area contributed by atoms with Crippen LogP contribution in [0.25, 0.3) is 0 Å². The summed E-state index contributed by atoms with van der Waals surface area (Å²) >= 11 is 9.09. The van der Waals surface area contributed by atoms with Crippen molar-refractivity contribution < 1.29 is 0 Å². The summed E-state index contributed by atoms with van der Waals surface area (Å²) in [4.78, 5) is 1.53. The van der Waals surface area contributed by atoms with Crippen molar-refractivity contribution in [3.05, 3.63) is 20.8 Å². The number of hydrogen-bond acceptors (Lipinski definition) is 1. The van der Waals surface area contributed by atoms with Crippen LogP contribution in [-0.2, 0) is 6.42 Å². The molecule has 0 radical (unpaired) electrons. The van der Waals surface area contributed by atoms with E-state index in [1.807, 2.05) is 11.3 Å². The molecule has 15 heavy (non-hydrogen) atoms. The molecule has 0 aromatic carbocycles. The topological polar surface area (TPSA) is 0 Å². The first kappa shape index (κ1) is 12.1. The number of halogens is 2. The number of thiophene rings is 1. The lowest BCUT2D eigenvalue weighted by Gasteiger charge is -2.20. The molecule has 1 aromatic heterocycles. The molecule has 0 N–H and O–H groups in total. The summed E-state index contributed by atoms with van der Waals surface area (Å²) < 4.78 is 1.24. The Morgan fingerprint density at radius 3 is 2.67 bits per heavy atom. The minimum atomic E-state index is 0.845. The third-order valence-electron chi connectivity index (χ3n) is 3.35. The number of alkyl halides is 1. The van der Waals surface area contributed by atoms with Gasteiger partial charge in [-0.1, -0.05) is 41.6 Å². The Labute approximate surface area is 113 Å². The van der Waals surface area contributed by atoms with Gasteiger partial charge in [0.15, 0.2) is 0 Å². The van der Waals surface area contributed by atoms with E-state index in [2.05, 4.69) is 43.3 Å². The van der Waals surface area contributed by atoms with Gasteiger partial charge in [0.05, 0.1) is 0 Å². The van der Waals surface area contributed by atoms with E-state index in [0.717, 1.165) is 17.2 Å². The molecule has 2 rings (SSSR count). The van der Waals surface area contributed by atoms with Crippen molar-refractivity contribution in [2.75, 3.05) is 5.33 Å². The van der Waals surface area contributed by atoms with Gasteiger partial charge in [0.25, 0.3) is 0 Å². The Morgan fingerprint density at radius 1 is 1.40 bits per heavy atom. The lowest BCUT2D eigenvalue weighted by molar-refractivity contribution is 0.375. The van der Waals surface area contributed by atoms with Crippen molar-refractivity contribution in [1.82, 2.24) is 0 Å². The minimum absolute atomic E-state index is 0.845. The van der Waals surface area contributed by atoms with Crippen molar-refractivity contribution in [3.63, 3.8) is 0 Å². The van der Waals surface area contributed by atoms with Gasteiger partial charge >= 0.3 is 0 Å². The van der Waals surface area contributed by atoms with Gasteiger partial charge in [0, 0.05) is 20.1 Å². The molecule has 1 unspecified atom stereocenters. The summed E-state index contributed by atoms with van der Waals surface area (Å²) in [6.45, 7) is 0. The Balaban J connectivity index is 1.95. The first-order chi connectivity index (χ1) is 7.29. The van der Waals surface area contributed by atoms with E-state index in [0.29, 0.717) is 0 Å². The molecule has 0 amide bonds. The van der Waals surface area contributed by atoms with Crippen LogP contribution >= 0.6 is 43.2 Å². The fraction of sp³-hybridized carbons (Fsp3) is 0.667. The third kappa shape index (κ3) is 3.31. The first-order valence-electron chi connectivity index (χ1n) is 5.58. The fourth-order valence-electron chi connectivity index (χ4n) is 2.50. The Hall–Kier alpha value is 0.660. The van der Waals surface area contributed by atoms with Gasteiger partial charge in [-0.25, -0.2) is 0 Å². The van der Waals surface area contributed by atoms with Gasteiger partial charge in [-0.05, 0) is 40.3 Å². The lowest BCUT2D eigenvalue weighted by atomic mass is 9.89. The highest BCUT2D eigenvalue weighted by Gasteiger charge is 2.24. The summed E-state index contributed by atoms with van der Waals surface area (Å²) in [6.07, 6.45) is 7.04. The van der Waals surface area contributed by atoms with E-state index in [1.54, 1.807) is 0 Å². The molecule has 0 saturated heterocycles. The van der Waals surface area contributed by atoms with E-state index in [-0.39, 0.29) is 0 Å². The number of rotatable bonds is 4. The predicted molar refractivity (Wildman–Crippen MR) is 75.0 cm³/mol. The van der Waals surface area contributed by atoms with Crippen molar-refractivity contribution in [2.45, 2.75) is 32.1 Å². The predicted octanol–water partition coefficient (Wildman–Crippen LogP) is 5.25. The summed E-state index contributed by atoms with van der Waals surface area (Å²) in [5.74, 6) is 1.81. The molecule has 0 bridgehead atoms. The number of hydrogen-bond donors (Lipinski definition) is 0. The molecule has 1 aromatic rings. The zero-order valence-corrected chi connectivity index (χ0v) is 12.7. The second-order valence-electron chi connectivity index (χ2n) is 4.39. The Morgan fingerprint density at radius 2 is 2.13 bits per heavy atom. The maximum absolute atomic E-state index is 3.68. The Kier molecular flexibility index (Phi) is 4.71. The molecule has 1 fully saturated rings. The maximum Gasteiger partial charge on any atom is 0.0285 e. The SMILES string of the molecule is BrCC(Cc1cc(Br)cs1)C1CCCC1. The van der Waals surface area contributed by atoms with Crippen LogP contribution in [0.15, 0.2) is 15.9 Å². The minimum Gasteiger partial charge on any atom is -0.148 e. The summed E-state index contributed by atoms with van der Waals surface area (Å²) in [7, 11) is 0. The maximum atomic E-state index is 3.68. The third-order valence-corrected chi connectivity index (χ3v) is 5.90. The average molecular weight is 352 g/mol. The molecule has 1 aliphatic rings. The van der Waals surface area contributed by atoms with E-state index < -0.39 is 0 Å². The monoisotopic (exact) mass is 350 g/mol. The molecule has 0 aliphatic heterocycles. The molecule has 1 atom stereocenters. The Bertz CT molecular complexity index is 302. The van der Waals surface area contributed by atoms with Crippen LogP contribution < -0.4 is 0 Å². The van der Waals surface area contributed by atoms with Crippen molar-refractivity contribution in [3.8, 4) is 0 Å². The molecule has 1 heterocycles. The van der Waals surface area contributed by atoms with Crippen molar-refractivity contribution >= 4 is 43.2 Å². The smallest absolute Gasteiger partial charge is 0.0285 e.